The predicted molar refractivity (Wildman–Crippen MR) is 111 cm³/mol. The van der Waals surface area contributed by atoms with Crippen molar-refractivity contribution in [2.24, 2.45) is 0 Å². The Kier molecular flexibility index (Phi) is 7.25. The van der Waals surface area contributed by atoms with Gasteiger partial charge in [0.15, 0.2) is 0 Å². The van der Waals surface area contributed by atoms with Crippen LogP contribution >= 0.6 is 0 Å². The van der Waals surface area contributed by atoms with Gasteiger partial charge in [0.2, 0.25) is 6.29 Å². The second-order valence-electron chi connectivity index (χ2n) is 7.10. The summed E-state index contributed by atoms with van der Waals surface area (Å²) >= 11 is 0. The zero-order chi connectivity index (χ0) is 21.7. The van der Waals surface area contributed by atoms with Gasteiger partial charge in [-0.05, 0) is 35.4 Å². The third-order valence-electron chi connectivity index (χ3n) is 5.01. The molecule has 5 N–H and O–H groups in total. The van der Waals surface area contributed by atoms with Crippen LogP contribution in [0.3, 0.4) is 0 Å². The van der Waals surface area contributed by atoms with Crippen LogP contribution in [-0.4, -0.2) is 62.8 Å². The standard InChI is InChI=1S/C23H26O7/c1-2-15(6-3-14-4-9-17(25)10-5-14)16-7-11-18(12-8-16)29-23-22(28)21(27)20(26)19(13-24)30-23/h2-12,15,19-28H,1,13H2/t15-,19-,20-,21+,22-,23-/m1/s1. The number of hydrogen-bond donors (Lipinski definition) is 5. The van der Waals surface area contributed by atoms with Crippen LogP contribution in [0, 0.1) is 0 Å². The van der Waals surface area contributed by atoms with Crippen molar-refractivity contribution in [2.45, 2.75) is 36.6 Å². The molecule has 0 amide bonds. The number of aromatic hydroxyl groups is 1. The Bertz CT molecular complexity index is 845. The third kappa shape index (κ3) is 5.08. The number of aliphatic hydroxyl groups excluding tert-OH is 4. The highest BCUT2D eigenvalue weighted by molar-refractivity contribution is 5.53. The summed E-state index contributed by atoms with van der Waals surface area (Å²) in [4.78, 5) is 0. The van der Waals surface area contributed by atoms with Gasteiger partial charge in [-0.3, -0.25) is 0 Å². The van der Waals surface area contributed by atoms with E-state index < -0.39 is 37.3 Å². The molecule has 0 unspecified atom stereocenters. The van der Waals surface area contributed by atoms with Gasteiger partial charge in [0.1, 0.15) is 35.9 Å². The van der Waals surface area contributed by atoms with Gasteiger partial charge in [-0.25, -0.2) is 0 Å². The smallest absolute Gasteiger partial charge is 0.229 e. The summed E-state index contributed by atoms with van der Waals surface area (Å²) < 4.78 is 11.0. The van der Waals surface area contributed by atoms with E-state index in [2.05, 4.69) is 6.58 Å². The fraction of sp³-hybridized carbons (Fsp3) is 0.304. The third-order valence-corrected chi connectivity index (χ3v) is 5.01. The van der Waals surface area contributed by atoms with E-state index in [1.807, 2.05) is 36.4 Å². The van der Waals surface area contributed by atoms with E-state index in [0.717, 1.165) is 11.1 Å². The van der Waals surface area contributed by atoms with Gasteiger partial charge in [-0.1, -0.05) is 42.5 Å². The molecule has 0 saturated carbocycles. The number of rotatable bonds is 7. The van der Waals surface area contributed by atoms with Crippen LogP contribution in [0.2, 0.25) is 0 Å². The Hall–Kier alpha value is -2.68. The van der Waals surface area contributed by atoms with Gasteiger partial charge < -0.3 is 35.0 Å². The average molecular weight is 414 g/mol. The molecule has 1 aliphatic heterocycles. The monoisotopic (exact) mass is 414 g/mol. The maximum absolute atomic E-state index is 10.1. The number of allylic oxidation sites excluding steroid dienone is 2. The zero-order valence-corrected chi connectivity index (χ0v) is 16.3. The summed E-state index contributed by atoms with van der Waals surface area (Å²) in [7, 11) is 0. The molecule has 7 nitrogen and oxygen atoms in total. The molecule has 1 fully saturated rings. The average Bonchev–Trinajstić information content (AvgIpc) is 2.76. The summed E-state index contributed by atoms with van der Waals surface area (Å²) in [5.41, 5.74) is 1.91. The minimum atomic E-state index is -1.49. The van der Waals surface area contributed by atoms with E-state index in [9.17, 15) is 25.5 Å². The number of phenolic OH excluding ortho intramolecular Hbond substituents is 1. The molecule has 0 spiro atoms. The SMILES string of the molecule is C=C[C@H](C=Cc1ccc(O)cc1)c1ccc(O[C@@H]2O[C@H](CO)[C@@H](O)[C@H](O)[C@H]2O)cc1. The molecule has 30 heavy (non-hydrogen) atoms. The summed E-state index contributed by atoms with van der Waals surface area (Å²) in [5, 5.41) is 48.4. The summed E-state index contributed by atoms with van der Waals surface area (Å²) in [6, 6.07) is 13.9. The van der Waals surface area contributed by atoms with Crippen molar-refractivity contribution in [3.8, 4) is 11.5 Å². The van der Waals surface area contributed by atoms with E-state index in [4.69, 9.17) is 9.47 Å². The normalized spacial score (nSPS) is 27.7. The first-order valence-electron chi connectivity index (χ1n) is 9.60. The summed E-state index contributed by atoms with van der Waals surface area (Å²) in [6.07, 6.45) is -0.923. The zero-order valence-electron chi connectivity index (χ0n) is 16.3. The maximum Gasteiger partial charge on any atom is 0.229 e. The van der Waals surface area contributed by atoms with Gasteiger partial charge in [0.05, 0.1) is 6.61 Å². The minimum absolute atomic E-state index is 0.0555. The van der Waals surface area contributed by atoms with Gasteiger partial charge in [0, 0.05) is 5.92 Å². The fourth-order valence-electron chi connectivity index (χ4n) is 3.19. The number of phenols is 1. The molecular formula is C23H26O7. The van der Waals surface area contributed by atoms with Crippen molar-refractivity contribution in [3.63, 3.8) is 0 Å². The molecule has 1 saturated heterocycles. The molecule has 0 aromatic heterocycles. The highest BCUT2D eigenvalue weighted by Gasteiger charge is 2.44. The van der Waals surface area contributed by atoms with Crippen LogP contribution in [0.25, 0.3) is 6.08 Å². The van der Waals surface area contributed by atoms with Crippen molar-refractivity contribution in [3.05, 3.63) is 78.4 Å². The predicted octanol–water partition coefficient (Wildman–Crippen LogP) is 1.55. The highest BCUT2D eigenvalue weighted by atomic mass is 16.7. The second-order valence-corrected chi connectivity index (χ2v) is 7.10. The van der Waals surface area contributed by atoms with Gasteiger partial charge in [-0.15, -0.1) is 6.58 Å². The first-order valence-corrected chi connectivity index (χ1v) is 9.60. The molecular weight excluding hydrogens is 388 g/mol. The van der Waals surface area contributed by atoms with Crippen molar-refractivity contribution >= 4 is 6.08 Å². The van der Waals surface area contributed by atoms with Crippen LogP contribution in [-0.2, 0) is 4.74 Å². The van der Waals surface area contributed by atoms with E-state index in [1.165, 1.54) is 0 Å². The van der Waals surface area contributed by atoms with Gasteiger partial charge >= 0.3 is 0 Å². The molecule has 1 aliphatic rings. The molecule has 1 heterocycles. The van der Waals surface area contributed by atoms with Gasteiger partial charge in [-0.2, -0.15) is 0 Å². The molecule has 6 atom stereocenters. The first-order chi connectivity index (χ1) is 14.4. The molecule has 160 valence electrons. The molecule has 0 aliphatic carbocycles. The van der Waals surface area contributed by atoms with Crippen molar-refractivity contribution in [2.75, 3.05) is 6.61 Å². The molecule has 3 rings (SSSR count). The lowest BCUT2D eigenvalue weighted by atomic mass is 9.97. The molecule has 0 radical (unpaired) electrons. The fourth-order valence-corrected chi connectivity index (χ4v) is 3.19. The van der Waals surface area contributed by atoms with E-state index in [0.29, 0.717) is 5.75 Å². The highest BCUT2D eigenvalue weighted by Crippen LogP contribution is 2.27. The van der Waals surface area contributed by atoms with Crippen LogP contribution < -0.4 is 4.74 Å². The van der Waals surface area contributed by atoms with Gasteiger partial charge in [0.25, 0.3) is 0 Å². The second kappa shape index (κ2) is 9.88. The Balaban J connectivity index is 1.67. The van der Waals surface area contributed by atoms with Crippen molar-refractivity contribution in [1.29, 1.82) is 0 Å². The molecule has 2 aromatic carbocycles. The van der Waals surface area contributed by atoms with Crippen molar-refractivity contribution < 1.29 is 35.0 Å². The number of ether oxygens (including phenoxy) is 2. The largest absolute Gasteiger partial charge is 0.508 e. The summed E-state index contributed by atoms with van der Waals surface area (Å²) in [5.74, 6) is 0.552. The van der Waals surface area contributed by atoms with Crippen LogP contribution in [0.4, 0.5) is 0 Å². The van der Waals surface area contributed by atoms with Crippen LogP contribution in [0.1, 0.15) is 17.0 Å². The Labute approximate surface area is 174 Å². The van der Waals surface area contributed by atoms with E-state index in [-0.39, 0.29) is 11.7 Å². The number of aliphatic hydroxyl groups is 4. The van der Waals surface area contributed by atoms with Crippen LogP contribution in [0.15, 0.2) is 67.3 Å². The van der Waals surface area contributed by atoms with E-state index >= 15 is 0 Å². The molecule has 2 aromatic rings. The lowest BCUT2D eigenvalue weighted by molar-refractivity contribution is -0.277. The first kappa shape index (κ1) is 22.0. The minimum Gasteiger partial charge on any atom is -0.508 e. The maximum atomic E-state index is 10.1. The Morgan fingerprint density at radius 2 is 1.63 bits per heavy atom. The number of benzene rings is 2. The lowest BCUT2D eigenvalue weighted by Gasteiger charge is -2.39. The lowest BCUT2D eigenvalue weighted by Crippen LogP contribution is -2.60. The Morgan fingerprint density at radius 3 is 2.23 bits per heavy atom. The molecule has 7 heteroatoms. The van der Waals surface area contributed by atoms with Crippen molar-refractivity contribution in [1.82, 2.24) is 0 Å². The summed E-state index contributed by atoms with van der Waals surface area (Å²) in [6.45, 7) is 3.36. The van der Waals surface area contributed by atoms with E-state index in [1.54, 1.807) is 30.3 Å². The number of hydrogen-bond acceptors (Lipinski definition) is 7. The Morgan fingerprint density at radius 1 is 0.967 bits per heavy atom. The quantitative estimate of drug-likeness (QED) is 0.436. The van der Waals surface area contributed by atoms with Crippen LogP contribution in [0.5, 0.6) is 11.5 Å². The molecule has 0 bridgehead atoms. The topological polar surface area (TPSA) is 120 Å².